The van der Waals surface area contributed by atoms with Crippen LogP contribution in [0.1, 0.15) is 38.3 Å². The van der Waals surface area contributed by atoms with E-state index < -0.39 is 6.04 Å². The minimum atomic E-state index is -0.452. The maximum absolute atomic E-state index is 13.1. The van der Waals surface area contributed by atoms with Gasteiger partial charge in [0.05, 0.1) is 5.75 Å². The number of amides is 2. The fourth-order valence-electron chi connectivity index (χ4n) is 3.14. The minimum absolute atomic E-state index is 0.00253. The van der Waals surface area contributed by atoms with Crippen molar-refractivity contribution in [2.24, 2.45) is 0 Å². The Kier molecular flexibility index (Phi) is 9.26. The molecular weight excluding hydrogens is 380 g/mol. The Hall–Kier alpha value is -2.27. The fraction of sp³-hybridized carbons (Fsp3) is 0.417. The molecule has 0 aliphatic heterocycles. The number of nitrogens with one attached hydrogen (secondary N) is 1. The van der Waals surface area contributed by atoms with Gasteiger partial charge in [-0.25, -0.2) is 0 Å². The summed E-state index contributed by atoms with van der Waals surface area (Å²) in [6, 6.07) is 17.8. The number of carbonyl (C=O) groups excluding carboxylic acids is 2. The van der Waals surface area contributed by atoms with Gasteiger partial charge in [0.2, 0.25) is 11.8 Å². The molecule has 0 aliphatic carbocycles. The molecule has 1 atom stereocenters. The van der Waals surface area contributed by atoms with Crippen LogP contribution in [0.3, 0.4) is 0 Å². The van der Waals surface area contributed by atoms with Crippen molar-refractivity contribution in [3.8, 4) is 0 Å². The van der Waals surface area contributed by atoms with E-state index in [4.69, 9.17) is 0 Å². The highest BCUT2D eigenvalue weighted by Crippen LogP contribution is 2.20. The molecule has 2 amide bonds. The molecule has 0 unspecified atom stereocenters. The lowest BCUT2D eigenvalue weighted by Gasteiger charge is -2.31. The Labute approximate surface area is 179 Å². The van der Waals surface area contributed by atoms with Gasteiger partial charge in [0.25, 0.3) is 0 Å². The molecule has 0 saturated heterocycles. The second-order valence-corrected chi connectivity index (χ2v) is 8.56. The third-order valence-electron chi connectivity index (χ3n) is 4.68. The smallest absolute Gasteiger partial charge is 0.242 e. The van der Waals surface area contributed by atoms with E-state index in [2.05, 4.69) is 17.4 Å². The van der Waals surface area contributed by atoms with Gasteiger partial charge in [0.15, 0.2) is 0 Å². The molecule has 0 saturated carbocycles. The Balaban J connectivity index is 2.11. The van der Waals surface area contributed by atoms with Crippen LogP contribution in [0.2, 0.25) is 0 Å². The van der Waals surface area contributed by atoms with Crippen LogP contribution in [0.25, 0.3) is 0 Å². The number of benzene rings is 2. The number of aryl methyl sites for hydroxylation is 1. The monoisotopic (exact) mass is 412 g/mol. The van der Waals surface area contributed by atoms with E-state index in [0.717, 1.165) is 16.9 Å². The van der Waals surface area contributed by atoms with Crippen LogP contribution in [0.15, 0.2) is 59.5 Å². The topological polar surface area (TPSA) is 49.4 Å². The molecule has 0 fully saturated rings. The number of carbonyl (C=O) groups is 2. The zero-order valence-electron chi connectivity index (χ0n) is 17.9. The highest BCUT2D eigenvalue weighted by molar-refractivity contribution is 8.00. The average molecular weight is 413 g/mol. The lowest BCUT2D eigenvalue weighted by molar-refractivity contribution is -0.139. The normalized spacial score (nSPS) is 11.9. The molecule has 5 heteroatoms. The van der Waals surface area contributed by atoms with E-state index in [1.807, 2.05) is 70.2 Å². The molecule has 0 aromatic heterocycles. The maximum Gasteiger partial charge on any atom is 0.242 e. The SMILES string of the molecule is CC[C@H](C(=O)NC(C)C)N(CCc1ccccc1)C(=O)CSc1ccc(C)cc1. The quantitative estimate of drug-likeness (QED) is 0.586. The van der Waals surface area contributed by atoms with Gasteiger partial charge in [-0.2, -0.15) is 0 Å². The third kappa shape index (κ3) is 7.58. The lowest BCUT2D eigenvalue weighted by Crippen LogP contribution is -2.51. The summed E-state index contributed by atoms with van der Waals surface area (Å²) in [6.45, 7) is 8.41. The van der Waals surface area contributed by atoms with E-state index in [9.17, 15) is 9.59 Å². The summed E-state index contributed by atoms with van der Waals surface area (Å²) in [4.78, 5) is 28.7. The van der Waals surface area contributed by atoms with Crippen LogP contribution in [-0.2, 0) is 16.0 Å². The molecular formula is C24H32N2O2S. The van der Waals surface area contributed by atoms with Crippen molar-refractivity contribution in [1.82, 2.24) is 10.2 Å². The van der Waals surface area contributed by atoms with E-state index in [-0.39, 0.29) is 17.9 Å². The number of nitrogens with zero attached hydrogens (tertiary/aromatic N) is 1. The molecule has 0 radical (unpaired) electrons. The second-order valence-electron chi connectivity index (χ2n) is 7.51. The van der Waals surface area contributed by atoms with Crippen LogP contribution >= 0.6 is 11.8 Å². The zero-order valence-corrected chi connectivity index (χ0v) is 18.7. The molecule has 2 rings (SSSR count). The number of rotatable bonds is 10. The van der Waals surface area contributed by atoms with E-state index >= 15 is 0 Å². The van der Waals surface area contributed by atoms with Crippen molar-refractivity contribution in [1.29, 1.82) is 0 Å². The first-order valence-corrected chi connectivity index (χ1v) is 11.2. The van der Waals surface area contributed by atoms with E-state index in [1.54, 1.807) is 4.90 Å². The molecule has 0 bridgehead atoms. The van der Waals surface area contributed by atoms with Crippen molar-refractivity contribution >= 4 is 23.6 Å². The van der Waals surface area contributed by atoms with Crippen molar-refractivity contribution < 1.29 is 9.59 Å². The van der Waals surface area contributed by atoms with Crippen molar-refractivity contribution in [2.75, 3.05) is 12.3 Å². The lowest BCUT2D eigenvalue weighted by atomic mass is 10.1. The Morgan fingerprint density at radius 3 is 2.28 bits per heavy atom. The summed E-state index contributed by atoms with van der Waals surface area (Å²) in [7, 11) is 0. The van der Waals surface area contributed by atoms with Crippen molar-refractivity contribution in [3.05, 3.63) is 65.7 Å². The first kappa shape index (κ1) is 23.0. The molecule has 0 aliphatic rings. The summed E-state index contributed by atoms with van der Waals surface area (Å²) in [5, 5.41) is 2.97. The Bertz CT molecular complexity index is 775. The first-order chi connectivity index (χ1) is 13.9. The Morgan fingerprint density at radius 1 is 1.03 bits per heavy atom. The van der Waals surface area contributed by atoms with Crippen LogP contribution in [0.4, 0.5) is 0 Å². The Morgan fingerprint density at radius 2 is 1.69 bits per heavy atom. The maximum atomic E-state index is 13.1. The second kappa shape index (κ2) is 11.7. The summed E-state index contributed by atoms with van der Waals surface area (Å²) in [6.07, 6.45) is 1.32. The van der Waals surface area contributed by atoms with Gasteiger partial charge in [-0.1, -0.05) is 55.0 Å². The van der Waals surface area contributed by atoms with Crippen LogP contribution in [-0.4, -0.2) is 41.1 Å². The molecule has 1 N–H and O–H groups in total. The van der Waals surface area contributed by atoms with Gasteiger partial charge < -0.3 is 10.2 Å². The largest absolute Gasteiger partial charge is 0.352 e. The van der Waals surface area contributed by atoms with Gasteiger partial charge in [-0.05, 0) is 51.3 Å². The average Bonchev–Trinajstić information content (AvgIpc) is 2.70. The molecule has 0 spiro atoms. The van der Waals surface area contributed by atoms with Crippen LogP contribution in [0.5, 0.6) is 0 Å². The van der Waals surface area contributed by atoms with Crippen molar-refractivity contribution in [3.63, 3.8) is 0 Å². The highest BCUT2D eigenvalue weighted by Gasteiger charge is 2.28. The van der Waals surface area contributed by atoms with E-state index in [0.29, 0.717) is 18.7 Å². The highest BCUT2D eigenvalue weighted by atomic mass is 32.2. The van der Waals surface area contributed by atoms with Gasteiger partial charge in [-0.15, -0.1) is 11.8 Å². The summed E-state index contributed by atoms with van der Waals surface area (Å²) in [5.41, 5.74) is 2.36. The zero-order chi connectivity index (χ0) is 21.2. The van der Waals surface area contributed by atoms with Gasteiger partial charge >= 0.3 is 0 Å². The van der Waals surface area contributed by atoms with Crippen LogP contribution in [0, 0.1) is 6.92 Å². The minimum Gasteiger partial charge on any atom is -0.352 e. The third-order valence-corrected chi connectivity index (χ3v) is 5.68. The molecule has 29 heavy (non-hydrogen) atoms. The first-order valence-electron chi connectivity index (χ1n) is 10.2. The number of thioether (sulfide) groups is 1. The molecule has 2 aromatic rings. The molecule has 156 valence electrons. The fourth-order valence-corrected chi connectivity index (χ4v) is 3.92. The number of hydrogen-bond acceptors (Lipinski definition) is 3. The summed E-state index contributed by atoms with van der Waals surface area (Å²) < 4.78 is 0. The summed E-state index contributed by atoms with van der Waals surface area (Å²) >= 11 is 1.52. The molecule has 2 aromatic carbocycles. The predicted octanol–water partition coefficient (Wildman–Crippen LogP) is 4.46. The van der Waals surface area contributed by atoms with Gasteiger partial charge in [-0.3, -0.25) is 9.59 Å². The molecule has 4 nitrogen and oxygen atoms in total. The van der Waals surface area contributed by atoms with Gasteiger partial charge in [0, 0.05) is 17.5 Å². The predicted molar refractivity (Wildman–Crippen MR) is 121 cm³/mol. The van der Waals surface area contributed by atoms with Crippen molar-refractivity contribution in [2.45, 2.75) is 57.5 Å². The molecule has 0 heterocycles. The standard InChI is InChI=1S/C24H32N2O2S/c1-5-22(24(28)25-18(2)3)26(16-15-20-9-7-6-8-10-20)23(27)17-29-21-13-11-19(4)12-14-21/h6-14,18,22H,5,15-17H2,1-4H3,(H,25,28)/t22-/m1/s1. The van der Waals surface area contributed by atoms with Crippen LogP contribution < -0.4 is 5.32 Å². The van der Waals surface area contributed by atoms with Gasteiger partial charge in [0.1, 0.15) is 6.04 Å². The van der Waals surface area contributed by atoms with E-state index in [1.165, 1.54) is 17.3 Å². The number of hydrogen-bond donors (Lipinski definition) is 1. The summed E-state index contributed by atoms with van der Waals surface area (Å²) in [5.74, 6) is 0.241.